The van der Waals surface area contributed by atoms with Gasteiger partial charge in [-0.1, -0.05) is 0 Å². The van der Waals surface area contributed by atoms with E-state index < -0.39 is 11.9 Å². The van der Waals surface area contributed by atoms with Crippen molar-refractivity contribution in [3.63, 3.8) is 0 Å². The minimum absolute atomic E-state index is 0.149. The highest BCUT2D eigenvalue weighted by molar-refractivity contribution is 6.33. The first-order chi connectivity index (χ1) is 5.38. The molecule has 0 aromatic carbocycles. The van der Waals surface area contributed by atoms with Crippen molar-refractivity contribution in [3.8, 4) is 0 Å². The standard InChI is InChI=1S/C7H11F3N2/c1-5(2)12-4-6(11-3)7(8,9)10/h4-5H,1-3H3/b11-6+,12-4-. The van der Waals surface area contributed by atoms with Crippen LogP contribution in [0.5, 0.6) is 0 Å². The van der Waals surface area contributed by atoms with Gasteiger partial charge in [-0.15, -0.1) is 0 Å². The third kappa shape index (κ3) is 4.10. The zero-order valence-corrected chi connectivity index (χ0v) is 7.18. The monoisotopic (exact) mass is 180 g/mol. The van der Waals surface area contributed by atoms with E-state index in [-0.39, 0.29) is 6.04 Å². The second-order valence-electron chi connectivity index (χ2n) is 2.48. The molecule has 0 N–H and O–H groups in total. The summed E-state index contributed by atoms with van der Waals surface area (Å²) in [5, 5.41) is 0. The van der Waals surface area contributed by atoms with Crippen LogP contribution >= 0.6 is 0 Å². The van der Waals surface area contributed by atoms with Crippen LogP contribution in [0.15, 0.2) is 9.98 Å². The smallest absolute Gasteiger partial charge is 0.288 e. The number of rotatable bonds is 2. The Morgan fingerprint density at radius 2 is 1.83 bits per heavy atom. The summed E-state index contributed by atoms with van der Waals surface area (Å²) in [5.41, 5.74) is -0.948. The van der Waals surface area contributed by atoms with Gasteiger partial charge in [0.15, 0.2) is 5.71 Å². The van der Waals surface area contributed by atoms with Crippen LogP contribution in [0.25, 0.3) is 0 Å². The van der Waals surface area contributed by atoms with Crippen LogP contribution < -0.4 is 0 Å². The topological polar surface area (TPSA) is 24.7 Å². The minimum Gasteiger partial charge on any atom is -0.288 e. The maximum Gasteiger partial charge on any atom is 0.434 e. The molecule has 0 aliphatic carbocycles. The quantitative estimate of drug-likeness (QED) is 0.581. The van der Waals surface area contributed by atoms with Gasteiger partial charge in [-0.3, -0.25) is 9.98 Å². The van der Waals surface area contributed by atoms with Crippen molar-refractivity contribution >= 4 is 11.9 Å². The van der Waals surface area contributed by atoms with Crippen LogP contribution in [0.1, 0.15) is 13.8 Å². The number of hydrogen-bond acceptors (Lipinski definition) is 2. The average Bonchev–Trinajstić information content (AvgIpc) is 1.85. The van der Waals surface area contributed by atoms with Gasteiger partial charge in [-0.05, 0) is 13.8 Å². The van der Waals surface area contributed by atoms with Gasteiger partial charge in [-0.25, -0.2) is 0 Å². The van der Waals surface area contributed by atoms with Crippen LogP contribution in [-0.2, 0) is 0 Å². The molecular weight excluding hydrogens is 169 g/mol. The van der Waals surface area contributed by atoms with Gasteiger partial charge in [0.05, 0.1) is 6.21 Å². The summed E-state index contributed by atoms with van der Waals surface area (Å²) in [6.45, 7) is 3.39. The molecule has 5 heteroatoms. The molecule has 0 aliphatic rings. The lowest BCUT2D eigenvalue weighted by molar-refractivity contribution is -0.0564. The molecule has 0 aromatic rings. The van der Waals surface area contributed by atoms with Crippen molar-refractivity contribution in [2.24, 2.45) is 9.98 Å². The van der Waals surface area contributed by atoms with E-state index in [0.29, 0.717) is 0 Å². The molecule has 0 aliphatic heterocycles. The summed E-state index contributed by atoms with van der Waals surface area (Å²) in [7, 11) is 1.09. The first-order valence-corrected chi connectivity index (χ1v) is 3.45. The lowest BCUT2D eigenvalue weighted by Crippen LogP contribution is -2.24. The van der Waals surface area contributed by atoms with Crippen molar-refractivity contribution in [2.45, 2.75) is 26.1 Å². The SMILES string of the molecule is C/N=C(\C=N/C(C)C)C(F)(F)F. The average molecular weight is 180 g/mol. The van der Waals surface area contributed by atoms with Crippen LogP contribution in [0.4, 0.5) is 13.2 Å². The largest absolute Gasteiger partial charge is 0.434 e. The Balaban J connectivity index is 4.42. The lowest BCUT2D eigenvalue weighted by Gasteiger charge is -2.04. The van der Waals surface area contributed by atoms with E-state index in [0.717, 1.165) is 13.3 Å². The Hall–Kier alpha value is -0.870. The summed E-state index contributed by atoms with van der Waals surface area (Å²) < 4.78 is 35.8. The third-order valence-corrected chi connectivity index (χ3v) is 1.03. The molecule has 0 unspecified atom stereocenters. The van der Waals surface area contributed by atoms with E-state index >= 15 is 0 Å². The van der Waals surface area contributed by atoms with E-state index in [1.54, 1.807) is 13.8 Å². The molecule has 2 nitrogen and oxygen atoms in total. The fourth-order valence-corrected chi connectivity index (χ4v) is 0.477. The van der Waals surface area contributed by atoms with Crippen LogP contribution in [0, 0.1) is 0 Å². The number of alkyl halides is 3. The van der Waals surface area contributed by atoms with Crippen molar-refractivity contribution in [3.05, 3.63) is 0 Å². The molecular formula is C7H11F3N2. The van der Waals surface area contributed by atoms with Crippen LogP contribution in [0.3, 0.4) is 0 Å². The van der Waals surface area contributed by atoms with Gasteiger partial charge >= 0.3 is 6.18 Å². The van der Waals surface area contributed by atoms with E-state index in [9.17, 15) is 13.2 Å². The third-order valence-electron chi connectivity index (χ3n) is 1.03. The van der Waals surface area contributed by atoms with Crippen molar-refractivity contribution < 1.29 is 13.2 Å². The van der Waals surface area contributed by atoms with Crippen molar-refractivity contribution in [1.29, 1.82) is 0 Å². The molecule has 0 aromatic heterocycles. The molecule has 0 bridgehead atoms. The molecule has 0 rings (SSSR count). The van der Waals surface area contributed by atoms with Crippen LogP contribution in [0.2, 0.25) is 0 Å². The normalized spacial score (nSPS) is 14.8. The second-order valence-corrected chi connectivity index (χ2v) is 2.48. The second kappa shape index (κ2) is 4.23. The molecule has 0 spiro atoms. The van der Waals surface area contributed by atoms with E-state index in [1.807, 2.05) is 0 Å². The van der Waals surface area contributed by atoms with Crippen molar-refractivity contribution in [2.75, 3.05) is 7.05 Å². The maximum atomic E-state index is 11.9. The molecule has 0 fully saturated rings. The number of hydrogen-bond donors (Lipinski definition) is 0. The summed E-state index contributed by atoms with van der Waals surface area (Å²) in [6, 6.07) is -0.149. The predicted molar refractivity (Wildman–Crippen MR) is 43.0 cm³/mol. The molecule has 0 heterocycles. The zero-order valence-electron chi connectivity index (χ0n) is 7.18. The Morgan fingerprint density at radius 3 is 2.08 bits per heavy atom. The van der Waals surface area contributed by atoms with E-state index in [1.165, 1.54) is 0 Å². The Labute approximate surface area is 69.2 Å². The molecule has 0 radical (unpaired) electrons. The Kier molecular flexibility index (Phi) is 3.92. The molecule has 0 saturated heterocycles. The van der Waals surface area contributed by atoms with Gasteiger partial charge in [-0.2, -0.15) is 13.2 Å². The van der Waals surface area contributed by atoms with E-state index in [2.05, 4.69) is 9.98 Å². The highest BCUT2D eigenvalue weighted by Crippen LogP contribution is 2.15. The van der Waals surface area contributed by atoms with Gasteiger partial charge in [0.25, 0.3) is 0 Å². The Bertz CT molecular complexity index is 191. The first kappa shape index (κ1) is 11.1. The number of halogens is 3. The highest BCUT2D eigenvalue weighted by atomic mass is 19.4. The van der Waals surface area contributed by atoms with Gasteiger partial charge in [0.2, 0.25) is 0 Å². The van der Waals surface area contributed by atoms with Gasteiger partial charge in [0, 0.05) is 13.1 Å². The molecule has 12 heavy (non-hydrogen) atoms. The molecule has 0 atom stereocenters. The minimum atomic E-state index is -4.40. The van der Waals surface area contributed by atoms with E-state index in [4.69, 9.17) is 0 Å². The zero-order chi connectivity index (χ0) is 9.78. The maximum absolute atomic E-state index is 11.9. The van der Waals surface area contributed by atoms with Crippen molar-refractivity contribution in [1.82, 2.24) is 0 Å². The highest BCUT2D eigenvalue weighted by Gasteiger charge is 2.33. The fraction of sp³-hybridized carbons (Fsp3) is 0.714. The van der Waals surface area contributed by atoms with Crippen LogP contribution in [-0.4, -0.2) is 31.2 Å². The molecule has 0 amide bonds. The lowest BCUT2D eigenvalue weighted by atomic mass is 10.3. The summed E-state index contributed by atoms with van der Waals surface area (Å²) >= 11 is 0. The number of nitrogens with zero attached hydrogens (tertiary/aromatic N) is 2. The summed E-state index contributed by atoms with van der Waals surface area (Å²) in [4.78, 5) is 6.66. The summed E-state index contributed by atoms with van der Waals surface area (Å²) in [5.74, 6) is 0. The van der Waals surface area contributed by atoms with Gasteiger partial charge < -0.3 is 0 Å². The molecule has 0 saturated carbocycles. The van der Waals surface area contributed by atoms with Gasteiger partial charge in [0.1, 0.15) is 0 Å². The fourth-order valence-electron chi connectivity index (χ4n) is 0.477. The Morgan fingerprint density at radius 1 is 1.33 bits per heavy atom. The molecule has 70 valence electrons. The number of aliphatic imine (C=N–C) groups is 2. The summed E-state index contributed by atoms with van der Waals surface area (Å²) in [6.07, 6.45) is -3.64. The first-order valence-electron chi connectivity index (χ1n) is 3.45. The predicted octanol–water partition coefficient (Wildman–Crippen LogP) is 2.10.